The third kappa shape index (κ3) is 2.86. The van der Waals surface area contributed by atoms with Gasteiger partial charge in [0.2, 0.25) is 0 Å². The second kappa shape index (κ2) is 4.51. The highest BCUT2D eigenvalue weighted by Crippen LogP contribution is 1.94. The summed E-state index contributed by atoms with van der Waals surface area (Å²) in [5, 5.41) is 0. The zero-order valence-electron chi connectivity index (χ0n) is 6.18. The Labute approximate surface area is 66.1 Å². The van der Waals surface area contributed by atoms with Crippen molar-refractivity contribution >= 4 is 0 Å². The van der Waals surface area contributed by atoms with E-state index in [9.17, 15) is 4.39 Å². The molecule has 0 N–H and O–H groups in total. The van der Waals surface area contributed by atoms with Crippen molar-refractivity contribution in [2.45, 2.75) is 6.42 Å². The van der Waals surface area contributed by atoms with Gasteiger partial charge in [-0.15, -0.1) is 0 Å². The molecule has 0 aliphatic carbocycles. The van der Waals surface area contributed by atoms with Crippen LogP contribution in [0.2, 0.25) is 0 Å². The molecule has 0 nitrogen and oxygen atoms in total. The van der Waals surface area contributed by atoms with E-state index in [1.54, 1.807) is 0 Å². The highest BCUT2D eigenvalue weighted by Gasteiger charge is 1.80. The summed E-state index contributed by atoms with van der Waals surface area (Å²) >= 11 is 0. The van der Waals surface area contributed by atoms with Crippen LogP contribution in [0.1, 0.15) is 12.0 Å². The van der Waals surface area contributed by atoms with Crippen molar-refractivity contribution in [2.24, 2.45) is 0 Å². The predicted molar refractivity (Wildman–Crippen MR) is 43.9 cm³/mol. The average molecular weight is 148 g/mol. The molecule has 0 atom stereocenters. The SMILES string of the molecule is FCCC#Cc1ccccc1. The Morgan fingerprint density at radius 2 is 1.91 bits per heavy atom. The first-order valence-corrected chi connectivity index (χ1v) is 3.53. The zero-order chi connectivity index (χ0) is 7.94. The van der Waals surface area contributed by atoms with E-state index >= 15 is 0 Å². The van der Waals surface area contributed by atoms with E-state index in [0.29, 0.717) is 6.42 Å². The van der Waals surface area contributed by atoms with Crippen molar-refractivity contribution in [1.82, 2.24) is 0 Å². The molecule has 1 aromatic rings. The van der Waals surface area contributed by atoms with Crippen LogP contribution >= 0.6 is 0 Å². The van der Waals surface area contributed by atoms with Crippen LogP contribution in [0.25, 0.3) is 0 Å². The van der Waals surface area contributed by atoms with Gasteiger partial charge < -0.3 is 0 Å². The Hall–Kier alpha value is -1.29. The molecule has 0 unspecified atom stereocenters. The van der Waals surface area contributed by atoms with Crippen molar-refractivity contribution in [3.8, 4) is 11.8 Å². The first-order valence-electron chi connectivity index (χ1n) is 3.53. The van der Waals surface area contributed by atoms with Crippen molar-refractivity contribution in [1.29, 1.82) is 0 Å². The fraction of sp³-hybridized carbons (Fsp3) is 0.200. The van der Waals surface area contributed by atoms with E-state index in [1.807, 2.05) is 30.3 Å². The lowest BCUT2D eigenvalue weighted by molar-refractivity contribution is 0.505. The topological polar surface area (TPSA) is 0 Å². The summed E-state index contributed by atoms with van der Waals surface area (Å²) in [4.78, 5) is 0. The van der Waals surface area contributed by atoms with Crippen LogP contribution in [0.3, 0.4) is 0 Å². The summed E-state index contributed by atoms with van der Waals surface area (Å²) in [6, 6.07) is 9.58. The van der Waals surface area contributed by atoms with Gasteiger partial charge in [-0.25, -0.2) is 0 Å². The molecule has 0 aromatic heterocycles. The number of hydrogen-bond donors (Lipinski definition) is 0. The van der Waals surface area contributed by atoms with Crippen LogP contribution in [0.4, 0.5) is 4.39 Å². The van der Waals surface area contributed by atoms with Gasteiger partial charge in [-0.1, -0.05) is 30.0 Å². The normalized spacial score (nSPS) is 8.45. The lowest BCUT2D eigenvalue weighted by atomic mass is 10.2. The van der Waals surface area contributed by atoms with Crippen LogP contribution in [-0.4, -0.2) is 6.67 Å². The van der Waals surface area contributed by atoms with Gasteiger partial charge in [-0.05, 0) is 12.1 Å². The Morgan fingerprint density at radius 3 is 2.55 bits per heavy atom. The number of halogens is 1. The fourth-order valence-corrected chi connectivity index (χ4v) is 0.733. The summed E-state index contributed by atoms with van der Waals surface area (Å²) < 4.78 is 11.6. The highest BCUT2D eigenvalue weighted by atomic mass is 19.1. The Kier molecular flexibility index (Phi) is 3.21. The quantitative estimate of drug-likeness (QED) is 0.536. The number of hydrogen-bond acceptors (Lipinski definition) is 0. The molecular weight excluding hydrogens is 139 g/mol. The van der Waals surface area contributed by atoms with Gasteiger partial charge in [0.05, 0.1) is 0 Å². The summed E-state index contributed by atoms with van der Waals surface area (Å²) in [5.74, 6) is 5.58. The molecule has 0 saturated heterocycles. The van der Waals surface area contributed by atoms with Gasteiger partial charge in [-0.2, -0.15) is 0 Å². The molecule has 0 fully saturated rings. The standard InChI is InChI=1S/C10H9F/c11-9-5-4-8-10-6-2-1-3-7-10/h1-3,6-7H,5,9H2. The lowest BCUT2D eigenvalue weighted by Gasteiger charge is -1.84. The van der Waals surface area contributed by atoms with Gasteiger partial charge in [0.15, 0.2) is 0 Å². The first kappa shape index (κ1) is 7.81. The monoisotopic (exact) mass is 148 g/mol. The van der Waals surface area contributed by atoms with Gasteiger partial charge in [0.25, 0.3) is 0 Å². The highest BCUT2D eigenvalue weighted by molar-refractivity contribution is 5.33. The average Bonchev–Trinajstić information content (AvgIpc) is 2.07. The molecule has 0 aliphatic heterocycles. The lowest BCUT2D eigenvalue weighted by Crippen LogP contribution is -1.72. The van der Waals surface area contributed by atoms with E-state index in [-0.39, 0.29) is 6.67 Å². The van der Waals surface area contributed by atoms with E-state index < -0.39 is 0 Å². The predicted octanol–water partition coefficient (Wildman–Crippen LogP) is 2.40. The van der Waals surface area contributed by atoms with E-state index in [1.165, 1.54) is 0 Å². The Balaban J connectivity index is 2.59. The second-order valence-electron chi connectivity index (χ2n) is 2.11. The van der Waals surface area contributed by atoms with Crippen LogP contribution in [0.15, 0.2) is 30.3 Å². The molecule has 0 spiro atoms. The minimum atomic E-state index is -0.361. The number of benzene rings is 1. The van der Waals surface area contributed by atoms with E-state index in [4.69, 9.17) is 0 Å². The smallest absolute Gasteiger partial charge is 0.100 e. The van der Waals surface area contributed by atoms with Gasteiger partial charge in [0.1, 0.15) is 6.67 Å². The van der Waals surface area contributed by atoms with Gasteiger partial charge in [-0.3, -0.25) is 4.39 Å². The Morgan fingerprint density at radius 1 is 1.18 bits per heavy atom. The third-order valence-electron chi connectivity index (χ3n) is 1.23. The molecule has 0 aliphatic rings. The van der Waals surface area contributed by atoms with Gasteiger partial charge in [0, 0.05) is 12.0 Å². The molecule has 0 radical (unpaired) electrons. The number of alkyl halides is 1. The largest absolute Gasteiger partial charge is 0.250 e. The van der Waals surface area contributed by atoms with Gasteiger partial charge >= 0.3 is 0 Å². The molecule has 11 heavy (non-hydrogen) atoms. The fourth-order valence-electron chi connectivity index (χ4n) is 0.733. The van der Waals surface area contributed by atoms with Crippen molar-refractivity contribution < 1.29 is 4.39 Å². The minimum absolute atomic E-state index is 0.328. The van der Waals surface area contributed by atoms with E-state index in [0.717, 1.165) is 5.56 Å². The third-order valence-corrected chi connectivity index (χ3v) is 1.23. The van der Waals surface area contributed by atoms with Crippen molar-refractivity contribution in [3.63, 3.8) is 0 Å². The van der Waals surface area contributed by atoms with Crippen molar-refractivity contribution in [3.05, 3.63) is 35.9 Å². The first-order chi connectivity index (χ1) is 5.43. The molecule has 56 valence electrons. The zero-order valence-corrected chi connectivity index (χ0v) is 6.18. The maximum absolute atomic E-state index is 11.6. The molecule has 1 heteroatoms. The molecule has 0 saturated carbocycles. The molecule has 1 aromatic carbocycles. The van der Waals surface area contributed by atoms with Crippen molar-refractivity contribution in [2.75, 3.05) is 6.67 Å². The van der Waals surface area contributed by atoms with E-state index in [2.05, 4.69) is 11.8 Å². The minimum Gasteiger partial charge on any atom is -0.250 e. The van der Waals surface area contributed by atoms with Crippen LogP contribution in [-0.2, 0) is 0 Å². The maximum atomic E-state index is 11.6. The molecule has 1 rings (SSSR count). The van der Waals surface area contributed by atoms with Crippen LogP contribution in [0.5, 0.6) is 0 Å². The summed E-state index contributed by atoms with van der Waals surface area (Å²) in [6.07, 6.45) is 0.328. The molecule has 0 heterocycles. The maximum Gasteiger partial charge on any atom is 0.100 e. The summed E-state index contributed by atoms with van der Waals surface area (Å²) in [5.41, 5.74) is 0.945. The van der Waals surface area contributed by atoms with Crippen LogP contribution in [0, 0.1) is 11.8 Å². The second-order valence-corrected chi connectivity index (χ2v) is 2.11. The van der Waals surface area contributed by atoms with Crippen LogP contribution < -0.4 is 0 Å². The molecule has 0 bridgehead atoms. The number of rotatable bonds is 1. The summed E-state index contributed by atoms with van der Waals surface area (Å²) in [7, 11) is 0. The summed E-state index contributed by atoms with van der Waals surface area (Å²) in [6.45, 7) is -0.361. The Bertz CT molecular complexity index is 253. The molecule has 0 amide bonds. The molecular formula is C10H9F.